The van der Waals surface area contributed by atoms with Gasteiger partial charge in [-0.15, -0.1) is 10.2 Å². The summed E-state index contributed by atoms with van der Waals surface area (Å²) in [6.45, 7) is 0. The Kier molecular flexibility index (Phi) is 7.29. The number of hydrogen-bond donors (Lipinski definition) is 1. The van der Waals surface area contributed by atoms with Crippen molar-refractivity contribution in [2.45, 2.75) is 44.9 Å². The second kappa shape index (κ2) is 11.1. The van der Waals surface area contributed by atoms with Gasteiger partial charge in [-0.1, -0.05) is 59.4 Å². The quantitative estimate of drug-likeness (QED) is 0.331. The fourth-order valence-electron chi connectivity index (χ4n) is 4.13. The predicted octanol–water partition coefficient (Wildman–Crippen LogP) is 4.65. The van der Waals surface area contributed by atoms with Crippen LogP contribution in [0.5, 0.6) is 0 Å². The van der Waals surface area contributed by atoms with Crippen LogP contribution in [-0.4, -0.2) is 31.3 Å². The maximum atomic E-state index is 12.2. The van der Waals surface area contributed by atoms with Gasteiger partial charge in [-0.05, 0) is 55.0 Å². The number of pyridine rings is 1. The van der Waals surface area contributed by atoms with Crippen molar-refractivity contribution in [2.75, 3.05) is 5.32 Å². The number of benzene rings is 1. The first kappa shape index (κ1) is 23.0. The van der Waals surface area contributed by atoms with Crippen molar-refractivity contribution in [3.8, 4) is 0 Å². The number of fused-ring (bicyclic) bond motifs is 1. The highest BCUT2D eigenvalue weighted by Gasteiger charge is 2.16. The van der Waals surface area contributed by atoms with E-state index in [1.165, 1.54) is 28.0 Å². The van der Waals surface area contributed by atoms with E-state index in [1.807, 2.05) is 24.3 Å². The number of amides is 1. The SMILES string of the molecule is O=C(Cc1ccccn1)Nc1nnc(CCCCc2cc3c(nn2)CC(Cc2ccccc2)=C3)s1. The van der Waals surface area contributed by atoms with Crippen LogP contribution in [0.25, 0.3) is 6.08 Å². The van der Waals surface area contributed by atoms with Gasteiger partial charge < -0.3 is 5.32 Å². The Morgan fingerprint density at radius 2 is 1.77 bits per heavy atom. The molecular formula is C27H26N6OS. The lowest BCUT2D eigenvalue weighted by atomic mass is 10.0. The smallest absolute Gasteiger partial charge is 0.232 e. The van der Waals surface area contributed by atoms with Gasteiger partial charge in [-0.2, -0.15) is 10.2 Å². The zero-order chi connectivity index (χ0) is 23.9. The number of anilines is 1. The highest BCUT2D eigenvalue weighted by atomic mass is 32.1. The molecule has 1 aromatic carbocycles. The highest BCUT2D eigenvalue weighted by Crippen LogP contribution is 2.26. The van der Waals surface area contributed by atoms with Crippen molar-refractivity contribution >= 4 is 28.5 Å². The molecule has 0 radical (unpaired) electrons. The van der Waals surface area contributed by atoms with Crippen molar-refractivity contribution < 1.29 is 4.79 Å². The van der Waals surface area contributed by atoms with Gasteiger partial charge in [0.1, 0.15) is 5.01 Å². The fourth-order valence-corrected chi connectivity index (χ4v) is 4.93. The van der Waals surface area contributed by atoms with Crippen molar-refractivity contribution in [3.63, 3.8) is 0 Å². The van der Waals surface area contributed by atoms with E-state index in [-0.39, 0.29) is 12.3 Å². The summed E-state index contributed by atoms with van der Waals surface area (Å²) in [4.78, 5) is 16.3. The molecule has 0 atom stereocenters. The van der Waals surface area contributed by atoms with Crippen LogP contribution >= 0.6 is 11.3 Å². The first-order valence-corrected chi connectivity index (χ1v) is 12.6. The van der Waals surface area contributed by atoms with Crippen molar-refractivity contribution in [2.24, 2.45) is 0 Å². The highest BCUT2D eigenvalue weighted by molar-refractivity contribution is 7.15. The molecule has 0 unspecified atom stereocenters. The van der Waals surface area contributed by atoms with Crippen molar-refractivity contribution in [1.82, 2.24) is 25.4 Å². The van der Waals surface area contributed by atoms with Crippen LogP contribution in [0.2, 0.25) is 0 Å². The number of nitrogens with one attached hydrogen (secondary N) is 1. The van der Waals surface area contributed by atoms with Gasteiger partial charge in [0, 0.05) is 24.7 Å². The van der Waals surface area contributed by atoms with Crippen molar-refractivity contribution in [1.29, 1.82) is 0 Å². The van der Waals surface area contributed by atoms with Gasteiger partial charge in [0.2, 0.25) is 11.0 Å². The molecule has 5 rings (SSSR count). The number of carbonyl (C=O) groups is 1. The number of hydrogen-bond acceptors (Lipinski definition) is 7. The lowest BCUT2D eigenvalue weighted by molar-refractivity contribution is -0.115. The first-order valence-electron chi connectivity index (χ1n) is 11.8. The topological polar surface area (TPSA) is 93.6 Å². The zero-order valence-corrected chi connectivity index (χ0v) is 20.2. The number of nitrogens with zero attached hydrogens (tertiary/aromatic N) is 5. The van der Waals surface area contributed by atoms with Crippen LogP contribution in [0.3, 0.4) is 0 Å². The number of allylic oxidation sites excluding steroid dienone is 1. The molecule has 35 heavy (non-hydrogen) atoms. The molecule has 7 nitrogen and oxygen atoms in total. The van der Waals surface area contributed by atoms with Crippen LogP contribution in [0.1, 0.15) is 46.1 Å². The molecule has 0 spiro atoms. The van der Waals surface area contributed by atoms with Gasteiger partial charge in [-0.25, -0.2) is 0 Å². The summed E-state index contributed by atoms with van der Waals surface area (Å²) in [5.74, 6) is -0.137. The normalized spacial score (nSPS) is 12.3. The number of carbonyl (C=O) groups excluding carboxylic acids is 1. The van der Waals surface area contributed by atoms with Crippen LogP contribution < -0.4 is 5.32 Å². The second-order valence-electron chi connectivity index (χ2n) is 8.63. The molecule has 0 saturated carbocycles. The molecular weight excluding hydrogens is 456 g/mol. The number of aryl methyl sites for hydroxylation is 2. The van der Waals surface area contributed by atoms with Crippen LogP contribution in [-0.2, 0) is 36.9 Å². The summed E-state index contributed by atoms with van der Waals surface area (Å²) in [6, 6.07) is 18.2. The molecule has 0 bridgehead atoms. The predicted molar refractivity (Wildman–Crippen MR) is 137 cm³/mol. The standard InChI is InChI=1S/C27H26N6OS/c34-25(18-22-10-6-7-13-28-22)29-27-33-32-26(35-27)12-5-4-11-23-17-21-15-20(16-24(21)31-30-23)14-19-8-2-1-3-9-19/h1-3,6-10,13,15,17H,4-5,11-12,14,16,18H2,(H,29,33,34). The van der Waals surface area contributed by atoms with Gasteiger partial charge in [0.15, 0.2) is 0 Å². The molecule has 3 heterocycles. The maximum absolute atomic E-state index is 12.2. The first-order chi connectivity index (χ1) is 17.2. The zero-order valence-electron chi connectivity index (χ0n) is 19.4. The Hall–Kier alpha value is -3.78. The van der Waals surface area contributed by atoms with E-state index in [4.69, 9.17) is 0 Å². The Morgan fingerprint density at radius 3 is 2.63 bits per heavy atom. The molecule has 0 aliphatic heterocycles. The summed E-state index contributed by atoms with van der Waals surface area (Å²) in [5, 5.41) is 21.5. The summed E-state index contributed by atoms with van der Waals surface area (Å²) in [5.41, 5.74) is 6.75. The van der Waals surface area contributed by atoms with Crippen molar-refractivity contribution in [3.05, 3.63) is 99.6 Å². The molecule has 1 aliphatic carbocycles. The lowest BCUT2D eigenvalue weighted by Gasteiger charge is -2.03. The van der Waals surface area contributed by atoms with E-state index in [1.54, 1.807) is 6.20 Å². The summed E-state index contributed by atoms with van der Waals surface area (Å²) < 4.78 is 0. The second-order valence-corrected chi connectivity index (χ2v) is 9.70. The van der Waals surface area contributed by atoms with Crippen LogP contribution in [0.15, 0.2) is 66.4 Å². The third kappa shape index (κ3) is 6.42. The average Bonchev–Trinajstić information content (AvgIpc) is 3.48. The Labute approximate surface area is 208 Å². The van der Waals surface area contributed by atoms with Gasteiger partial charge in [0.05, 0.1) is 17.8 Å². The Bertz CT molecular complexity index is 1320. The molecule has 1 amide bonds. The number of rotatable bonds is 10. The van der Waals surface area contributed by atoms with E-state index < -0.39 is 0 Å². The number of aromatic nitrogens is 5. The summed E-state index contributed by atoms with van der Waals surface area (Å²) in [6.07, 6.45) is 9.70. The largest absolute Gasteiger partial charge is 0.300 e. The third-order valence-corrected chi connectivity index (χ3v) is 6.74. The minimum atomic E-state index is -0.137. The van der Waals surface area contributed by atoms with E-state index in [0.717, 1.165) is 60.6 Å². The minimum Gasteiger partial charge on any atom is -0.300 e. The molecule has 8 heteroatoms. The molecule has 1 N–H and O–H groups in total. The average molecular weight is 483 g/mol. The Balaban J connectivity index is 1.06. The van der Waals surface area contributed by atoms with Gasteiger partial charge in [0.25, 0.3) is 0 Å². The Morgan fingerprint density at radius 1 is 0.914 bits per heavy atom. The van der Waals surface area contributed by atoms with E-state index >= 15 is 0 Å². The van der Waals surface area contributed by atoms with Gasteiger partial charge >= 0.3 is 0 Å². The monoisotopic (exact) mass is 482 g/mol. The van der Waals surface area contributed by atoms with Gasteiger partial charge in [-0.3, -0.25) is 9.78 Å². The van der Waals surface area contributed by atoms with E-state index in [2.05, 4.69) is 67.1 Å². The lowest BCUT2D eigenvalue weighted by Crippen LogP contribution is -2.14. The maximum Gasteiger partial charge on any atom is 0.232 e. The van der Waals surface area contributed by atoms with E-state index in [9.17, 15) is 4.79 Å². The summed E-state index contributed by atoms with van der Waals surface area (Å²) >= 11 is 1.42. The van der Waals surface area contributed by atoms with Crippen LogP contribution in [0, 0.1) is 0 Å². The minimum absolute atomic E-state index is 0.137. The van der Waals surface area contributed by atoms with Crippen LogP contribution in [0.4, 0.5) is 5.13 Å². The molecule has 4 aromatic rings. The molecule has 0 fully saturated rings. The fraction of sp³-hybridized carbons (Fsp3) is 0.259. The molecule has 1 aliphatic rings. The molecule has 0 saturated heterocycles. The summed E-state index contributed by atoms with van der Waals surface area (Å²) in [7, 11) is 0. The van der Waals surface area contributed by atoms with E-state index in [0.29, 0.717) is 5.13 Å². The third-order valence-electron chi connectivity index (χ3n) is 5.84. The number of unbranched alkanes of at least 4 members (excludes halogenated alkanes) is 1. The molecule has 3 aromatic heterocycles. The molecule has 176 valence electrons.